The summed E-state index contributed by atoms with van der Waals surface area (Å²) in [7, 11) is 0. The Balaban J connectivity index is 1.81. The number of nitrogens with one attached hydrogen (secondary N) is 3. The minimum absolute atomic E-state index is 0.0352. The summed E-state index contributed by atoms with van der Waals surface area (Å²) in [5.74, 6) is -0.0628. The molecule has 1 saturated heterocycles. The van der Waals surface area contributed by atoms with E-state index in [4.69, 9.17) is 12.2 Å². The number of rotatable bonds is 6. The van der Waals surface area contributed by atoms with Gasteiger partial charge in [-0.15, -0.1) is 0 Å². The zero-order chi connectivity index (χ0) is 19.1. The molecule has 1 heterocycles. The molecule has 7 heteroatoms. The Morgan fingerprint density at radius 1 is 1.27 bits per heavy atom. The average molecular weight is 377 g/mol. The second-order valence-electron chi connectivity index (χ2n) is 6.98. The highest BCUT2D eigenvalue weighted by atomic mass is 32.1. The average Bonchev–Trinajstić information content (AvgIpc) is 3.01. The summed E-state index contributed by atoms with van der Waals surface area (Å²) in [6, 6.07) is 7.89. The molecule has 26 heavy (non-hydrogen) atoms. The van der Waals surface area contributed by atoms with Gasteiger partial charge in [0.2, 0.25) is 11.8 Å². The molecule has 2 rings (SSSR count). The molecular formula is C19H28N4O2S. The molecule has 1 fully saturated rings. The highest BCUT2D eigenvalue weighted by Crippen LogP contribution is 2.25. The first-order valence-electron chi connectivity index (χ1n) is 9.13. The molecule has 142 valence electrons. The topological polar surface area (TPSA) is 73.5 Å². The monoisotopic (exact) mass is 376 g/mol. The molecule has 1 atom stereocenters. The van der Waals surface area contributed by atoms with Crippen molar-refractivity contribution in [3.8, 4) is 0 Å². The molecule has 6 nitrogen and oxygen atoms in total. The van der Waals surface area contributed by atoms with Gasteiger partial charge in [-0.3, -0.25) is 20.4 Å². The van der Waals surface area contributed by atoms with Gasteiger partial charge in [-0.1, -0.05) is 32.9 Å². The summed E-state index contributed by atoms with van der Waals surface area (Å²) in [5.41, 5.74) is 7.36. The number of hydrazine groups is 1. The molecule has 1 aliphatic heterocycles. The van der Waals surface area contributed by atoms with Crippen LogP contribution < -0.4 is 21.1 Å². The van der Waals surface area contributed by atoms with E-state index in [9.17, 15) is 9.59 Å². The van der Waals surface area contributed by atoms with Crippen molar-refractivity contribution in [2.45, 2.75) is 40.0 Å². The smallest absolute Gasteiger partial charge is 0.243 e. The van der Waals surface area contributed by atoms with Crippen LogP contribution in [0.4, 0.5) is 5.69 Å². The highest BCUT2D eigenvalue weighted by molar-refractivity contribution is 7.80. The number of carbonyl (C=O) groups excluding carboxylic acids is 2. The Morgan fingerprint density at radius 2 is 1.96 bits per heavy atom. The molecule has 0 spiro atoms. The van der Waals surface area contributed by atoms with Crippen LogP contribution in [-0.4, -0.2) is 30.0 Å². The predicted octanol–water partition coefficient (Wildman–Crippen LogP) is 2.14. The zero-order valence-corrected chi connectivity index (χ0v) is 16.5. The van der Waals surface area contributed by atoms with Gasteiger partial charge in [0.1, 0.15) is 0 Å². The number of hydrogen-bond acceptors (Lipinski definition) is 3. The number of anilines is 1. The number of carbonyl (C=O) groups is 2. The number of nitrogens with zero attached hydrogens (tertiary/aromatic N) is 1. The quantitative estimate of drug-likeness (QED) is 0.524. The zero-order valence-electron chi connectivity index (χ0n) is 15.7. The van der Waals surface area contributed by atoms with E-state index < -0.39 is 0 Å². The van der Waals surface area contributed by atoms with Crippen LogP contribution in [0.3, 0.4) is 0 Å². The summed E-state index contributed by atoms with van der Waals surface area (Å²) in [6.07, 6.45) is 2.16. The fraction of sp³-hybridized carbons (Fsp3) is 0.526. The Morgan fingerprint density at radius 3 is 2.58 bits per heavy atom. The van der Waals surface area contributed by atoms with Gasteiger partial charge in [0.05, 0.1) is 5.92 Å². The molecule has 0 bridgehead atoms. The van der Waals surface area contributed by atoms with Crippen LogP contribution in [0.25, 0.3) is 0 Å². The minimum Gasteiger partial charge on any atom is -0.361 e. The lowest BCUT2D eigenvalue weighted by molar-refractivity contribution is -0.126. The van der Waals surface area contributed by atoms with E-state index in [1.165, 1.54) is 5.56 Å². The van der Waals surface area contributed by atoms with Crippen LogP contribution in [0, 0.1) is 11.8 Å². The highest BCUT2D eigenvalue weighted by Gasteiger charge is 2.35. The largest absolute Gasteiger partial charge is 0.361 e. The third-order valence-electron chi connectivity index (χ3n) is 4.46. The summed E-state index contributed by atoms with van der Waals surface area (Å²) >= 11 is 5.13. The fourth-order valence-electron chi connectivity index (χ4n) is 2.78. The van der Waals surface area contributed by atoms with E-state index in [1.807, 2.05) is 24.3 Å². The first-order valence-corrected chi connectivity index (χ1v) is 9.54. The third-order valence-corrected chi connectivity index (χ3v) is 4.70. The van der Waals surface area contributed by atoms with Crippen molar-refractivity contribution >= 4 is 34.8 Å². The van der Waals surface area contributed by atoms with Crippen molar-refractivity contribution in [2.75, 3.05) is 18.0 Å². The number of hydrogen-bond donors (Lipinski definition) is 3. The maximum Gasteiger partial charge on any atom is 0.243 e. The Kier molecular flexibility index (Phi) is 7.38. The van der Waals surface area contributed by atoms with E-state index >= 15 is 0 Å². The van der Waals surface area contributed by atoms with E-state index in [1.54, 1.807) is 4.90 Å². The Labute approximate surface area is 160 Å². The normalized spacial score (nSPS) is 16.7. The Bertz CT molecular complexity index is 645. The van der Waals surface area contributed by atoms with Gasteiger partial charge in [-0.2, -0.15) is 0 Å². The number of aryl methyl sites for hydroxylation is 1. The van der Waals surface area contributed by atoms with E-state index in [0.29, 0.717) is 17.6 Å². The maximum absolute atomic E-state index is 12.3. The molecule has 0 aromatic heterocycles. The van der Waals surface area contributed by atoms with E-state index in [0.717, 1.165) is 25.1 Å². The molecule has 2 amide bonds. The van der Waals surface area contributed by atoms with Crippen molar-refractivity contribution in [3.05, 3.63) is 29.8 Å². The molecule has 1 aromatic rings. The van der Waals surface area contributed by atoms with Crippen LogP contribution >= 0.6 is 12.2 Å². The molecule has 0 radical (unpaired) electrons. The van der Waals surface area contributed by atoms with Crippen molar-refractivity contribution in [3.63, 3.8) is 0 Å². The first-order chi connectivity index (χ1) is 12.4. The molecule has 0 unspecified atom stereocenters. The summed E-state index contributed by atoms with van der Waals surface area (Å²) in [6.45, 7) is 7.50. The van der Waals surface area contributed by atoms with Crippen molar-refractivity contribution in [2.24, 2.45) is 11.8 Å². The predicted molar refractivity (Wildman–Crippen MR) is 108 cm³/mol. The number of thiocarbonyl (C=S) groups is 1. The van der Waals surface area contributed by atoms with E-state index in [2.05, 4.69) is 36.9 Å². The standard InChI is InChI=1S/C19H28N4O2S/c1-4-14-5-7-16(8-6-14)23-12-15(11-17(23)24)18(25)21-22-19(26)20-10-9-13(2)3/h5-8,13,15H,4,9-12H2,1-3H3,(H,21,25)(H2,20,22,26)/t15-/m1/s1. The number of amides is 2. The van der Waals surface area contributed by atoms with Crippen LogP contribution in [0.5, 0.6) is 0 Å². The number of benzene rings is 1. The van der Waals surface area contributed by atoms with E-state index in [-0.39, 0.29) is 24.2 Å². The molecule has 1 aliphatic rings. The van der Waals surface area contributed by atoms with Crippen LogP contribution in [-0.2, 0) is 16.0 Å². The Hall–Kier alpha value is -2.15. The second kappa shape index (κ2) is 9.52. The van der Waals surface area contributed by atoms with Gasteiger partial charge >= 0.3 is 0 Å². The SMILES string of the molecule is CCc1ccc(N2C[C@H](C(=O)NNC(=S)NCCC(C)C)CC2=O)cc1. The molecule has 1 aromatic carbocycles. The van der Waals surface area contributed by atoms with Crippen molar-refractivity contribution in [1.29, 1.82) is 0 Å². The van der Waals surface area contributed by atoms with Gasteiger partial charge in [0, 0.05) is 25.2 Å². The molecule has 3 N–H and O–H groups in total. The third kappa shape index (κ3) is 5.69. The van der Waals surface area contributed by atoms with Crippen molar-refractivity contribution in [1.82, 2.24) is 16.2 Å². The molecule has 0 aliphatic carbocycles. The lowest BCUT2D eigenvalue weighted by Crippen LogP contribution is -2.49. The van der Waals surface area contributed by atoms with Crippen LogP contribution in [0.15, 0.2) is 24.3 Å². The van der Waals surface area contributed by atoms with Crippen molar-refractivity contribution < 1.29 is 9.59 Å². The maximum atomic E-state index is 12.3. The van der Waals surface area contributed by atoms with Crippen LogP contribution in [0.2, 0.25) is 0 Å². The van der Waals surface area contributed by atoms with Gasteiger partial charge in [-0.25, -0.2) is 0 Å². The molecule has 0 saturated carbocycles. The minimum atomic E-state index is -0.390. The summed E-state index contributed by atoms with van der Waals surface area (Å²) in [4.78, 5) is 26.3. The van der Waals surface area contributed by atoms with Gasteiger partial charge in [-0.05, 0) is 48.7 Å². The molecular weight excluding hydrogens is 348 g/mol. The second-order valence-corrected chi connectivity index (χ2v) is 7.39. The fourth-order valence-corrected chi connectivity index (χ4v) is 2.94. The van der Waals surface area contributed by atoms with Gasteiger partial charge in [0.15, 0.2) is 5.11 Å². The van der Waals surface area contributed by atoms with Gasteiger partial charge in [0.25, 0.3) is 0 Å². The van der Waals surface area contributed by atoms with Crippen LogP contribution in [0.1, 0.15) is 39.2 Å². The summed E-state index contributed by atoms with van der Waals surface area (Å²) < 4.78 is 0. The lowest BCUT2D eigenvalue weighted by atomic mass is 10.1. The van der Waals surface area contributed by atoms with Gasteiger partial charge < -0.3 is 10.2 Å². The lowest BCUT2D eigenvalue weighted by Gasteiger charge is -2.17. The first kappa shape index (κ1) is 20.2. The summed E-state index contributed by atoms with van der Waals surface area (Å²) in [5, 5.41) is 3.43.